The van der Waals surface area contributed by atoms with Gasteiger partial charge in [0.15, 0.2) is 0 Å². The molecule has 19 heavy (non-hydrogen) atoms. The summed E-state index contributed by atoms with van der Waals surface area (Å²) in [7, 11) is 2.19. The highest BCUT2D eigenvalue weighted by molar-refractivity contribution is 5.74. The first kappa shape index (κ1) is 14.8. The van der Waals surface area contributed by atoms with Crippen LogP contribution in [0, 0.1) is 5.41 Å². The zero-order valence-electron chi connectivity index (χ0n) is 12.4. The molecular formula is C15H28N2O2. The Morgan fingerprint density at radius 3 is 2.53 bits per heavy atom. The summed E-state index contributed by atoms with van der Waals surface area (Å²) >= 11 is 0. The molecule has 4 heteroatoms. The molecule has 2 aliphatic rings. The Morgan fingerprint density at radius 2 is 2.00 bits per heavy atom. The highest BCUT2D eigenvalue weighted by Gasteiger charge is 2.41. The first-order valence-electron chi connectivity index (χ1n) is 7.73. The van der Waals surface area contributed by atoms with Crippen LogP contribution in [-0.4, -0.2) is 60.1 Å². The van der Waals surface area contributed by atoms with Gasteiger partial charge in [0, 0.05) is 12.6 Å². The summed E-state index contributed by atoms with van der Waals surface area (Å²) in [6, 6.07) is 0.646. The largest absolute Gasteiger partial charge is 0.481 e. The standard InChI is InChI=1S/C15H28N2O2/c1-3-6-15(14(18)19)7-10-17(11-8-15)13-5-4-9-16(2)12-13/h13H,3-12H2,1-2H3,(H,18,19). The van der Waals surface area contributed by atoms with Crippen LogP contribution in [0.15, 0.2) is 0 Å². The second kappa shape index (κ2) is 6.23. The van der Waals surface area contributed by atoms with Crippen molar-refractivity contribution in [1.82, 2.24) is 9.80 Å². The summed E-state index contributed by atoms with van der Waals surface area (Å²) in [5.41, 5.74) is -0.439. The quantitative estimate of drug-likeness (QED) is 0.847. The summed E-state index contributed by atoms with van der Waals surface area (Å²) in [6.07, 6.45) is 6.01. The van der Waals surface area contributed by atoms with E-state index in [1.807, 2.05) is 0 Å². The number of carbonyl (C=O) groups is 1. The van der Waals surface area contributed by atoms with Crippen molar-refractivity contribution in [3.8, 4) is 0 Å². The highest BCUT2D eigenvalue weighted by atomic mass is 16.4. The number of carboxylic acid groups (broad SMARTS) is 1. The molecule has 2 aliphatic heterocycles. The van der Waals surface area contributed by atoms with Crippen molar-refractivity contribution in [2.24, 2.45) is 5.41 Å². The van der Waals surface area contributed by atoms with Crippen LogP contribution in [0.4, 0.5) is 0 Å². The number of hydrogen-bond acceptors (Lipinski definition) is 3. The fourth-order valence-electron chi connectivity index (χ4n) is 3.80. The Balaban J connectivity index is 1.92. The van der Waals surface area contributed by atoms with Crippen LogP contribution in [0.25, 0.3) is 0 Å². The molecule has 4 nitrogen and oxygen atoms in total. The zero-order valence-corrected chi connectivity index (χ0v) is 12.4. The van der Waals surface area contributed by atoms with E-state index in [1.54, 1.807) is 0 Å². The lowest BCUT2D eigenvalue weighted by atomic mass is 9.74. The van der Waals surface area contributed by atoms with Gasteiger partial charge in [-0.25, -0.2) is 0 Å². The Kier molecular flexibility index (Phi) is 4.85. The Morgan fingerprint density at radius 1 is 1.32 bits per heavy atom. The van der Waals surface area contributed by atoms with Gasteiger partial charge in [0.2, 0.25) is 0 Å². The number of aliphatic carboxylic acids is 1. The molecule has 1 N–H and O–H groups in total. The van der Waals surface area contributed by atoms with Crippen LogP contribution in [0.2, 0.25) is 0 Å². The van der Waals surface area contributed by atoms with Gasteiger partial charge in [-0.05, 0) is 58.8 Å². The minimum atomic E-state index is -0.574. The molecule has 0 radical (unpaired) electrons. The molecule has 2 heterocycles. The summed E-state index contributed by atoms with van der Waals surface area (Å²) in [4.78, 5) is 16.5. The van der Waals surface area contributed by atoms with Gasteiger partial charge in [-0.15, -0.1) is 0 Å². The monoisotopic (exact) mass is 268 g/mol. The van der Waals surface area contributed by atoms with Crippen molar-refractivity contribution >= 4 is 5.97 Å². The van der Waals surface area contributed by atoms with Crippen molar-refractivity contribution in [1.29, 1.82) is 0 Å². The number of likely N-dealkylation sites (N-methyl/N-ethyl adjacent to an activating group) is 1. The van der Waals surface area contributed by atoms with Gasteiger partial charge in [-0.3, -0.25) is 9.69 Å². The summed E-state index contributed by atoms with van der Waals surface area (Å²) in [5.74, 6) is -0.574. The van der Waals surface area contributed by atoms with Crippen LogP contribution < -0.4 is 0 Å². The van der Waals surface area contributed by atoms with E-state index in [0.717, 1.165) is 45.3 Å². The Labute approximate surface area is 116 Å². The number of likely N-dealkylation sites (tertiary alicyclic amines) is 2. The van der Waals surface area contributed by atoms with Crippen molar-refractivity contribution in [3.63, 3.8) is 0 Å². The van der Waals surface area contributed by atoms with E-state index in [0.29, 0.717) is 6.04 Å². The SMILES string of the molecule is CCCC1(C(=O)O)CCN(C2CCCN(C)C2)CC1. The molecule has 1 atom stereocenters. The normalized spacial score (nSPS) is 29.3. The summed E-state index contributed by atoms with van der Waals surface area (Å²) < 4.78 is 0. The molecular weight excluding hydrogens is 240 g/mol. The van der Waals surface area contributed by atoms with Gasteiger partial charge < -0.3 is 10.0 Å². The van der Waals surface area contributed by atoms with E-state index < -0.39 is 11.4 Å². The third-order valence-electron chi connectivity index (χ3n) is 5.05. The van der Waals surface area contributed by atoms with Crippen LogP contribution in [0.5, 0.6) is 0 Å². The van der Waals surface area contributed by atoms with E-state index in [4.69, 9.17) is 0 Å². The van der Waals surface area contributed by atoms with Crippen LogP contribution in [0.3, 0.4) is 0 Å². The number of rotatable bonds is 4. The summed E-state index contributed by atoms with van der Waals surface area (Å²) in [6.45, 7) is 6.37. The van der Waals surface area contributed by atoms with Gasteiger partial charge in [-0.1, -0.05) is 13.3 Å². The van der Waals surface area contributed by atoms with E-state index in [-0.39, 0.29) is 0 Å². The van der Waals surface area contributed by atoms with E-state index in [9.17, 15) is 9.90 Å². The Hall–Kier alpha value is -0.610. The van der Waals surface area contributed by atoms with Gasteiger partial charge in [-0.2, -0.15) is 0 Å². The van der Waals surface area contributed by atoms with Crippen LogP contribution in [-0.2, 0) is 4.79 Å². The molecule has 2 saturated heterocycles. The molecule has 0 aromatic carbocycles. The average molecular weight is 268 g/mol. The molecule has 110 valence electrons. The van der Waals surface area contributed by atoms with Crippen molar-refractivity contribution in [2.45, 2.75) is 51.5 Å². The lowest BCUT2D eigenvalue weighted by Gasteiger charge is -2.44. The molecule has 2 fully saturated rings. The first-order valence-corrected chi connectivity index (χ1v) is 7.73. The minimum Gasteiger partial charge on any atom is -0.481 e. The number of hydrogen-bond donors (Lipinski definition) is 1. The van der Waals surface area contributed by atoms with Crippen LogP contribution in [0.1, 0.15) is 45.4 Å². The maximum Gasteiger partial charge on any atom is 0.309 e. The molecule has 0 amide bonds. The number of piperidine rings is 2. The first-order chi connectivity index (χ1) is 9.07. The fourth-order valence-corrected chi connectivity index (χ4v) is 3.80. The maximum absolute atomic E-state index is 11.6. The second-order valence-electron chi connectivity index (χ2n) is 6.43. The molecule has 0 aliphatic carbocycles. The smallest absolute Gasteiger partial charge is 0.309 e. The van der Waals surface area contributed by atoms with Gasteiger partial charge in [0.25, 0.3) is 0 Å². The molecule has 0 aromatic rings. The lowest BCUT2D eigenvalue weighted by molar-refractivity contribution is -0.153. The van der Waals surface area contributed by atoms with Crippen molar-refractivity contribution in [3.05, 3.63) is 0 Å². The van der Waals surface area contributed by atoms with E-state index >= 15 is 0 Å². The molecule has 2 rings (SSSR count). The number of carboxylic acids is 1. The zero-order chi connectivity index (χ0) is 13.9. The number of nitrogens with zero attached hydrogens (tertiary/aromatic N) is 2. The molecule has 1 unspecified atom stereocenters. The topological polar surface area (TPSA) is 43.8 Å². The third-order valence-corrected chi connectivity index (χ3v) is 5.05. The van der Waals surface area contributed by atoms with Gasteiger partial charge in [0.05, 0.1) is 5.41 Å². The summed E-state index contributed by atoms with van der Waals surface area (Å²) in [5, 5.41) is 9.53. The van der Waals surface area contributed by atoms with Gasteiger partial charge in [0.1, 0.15) is 0 Å². The Bertz CT molecular complexity index is 311. The maximum atomic E-state index is 11.6. The highest BCUT2D eigenvalue weighted by Crippen LogP contribution is 2.37. The van der Waals surface area contributed by atoms with E-state index in [2.05, 4.69) is 23.8 Å². The lowest BCUT2D eigenvalue weighted by Crippen LogP contribution is -2.52. The average Bonchev–Trinajstić information content (AvgIpc) is 2.39. The molecule has 0 saturated carbocycles. The molecule has 0 aromatic heterocycles. The fraction of sp³-hybridized carbons (Fsp3) is 0.933. The second-order valence-corrected chi connectivity index (χ2v) is 6.43. The molecule has 0 bridgehead atoms. The predicted molar refractivity (Wildman–Crippen MR) is 76.3 cm³/mol. The van der Waals surface area contributed by atoms with Gasteiger partial charge >= 0.3 is 5.97 Å². The minimum absolute atomic E-state index is 0.439. The van der Waals surface area contributed by atoms with Crippen molar-refractivity contribution in [2.75, 3.05) is 33.2 Å². The third kappa shape index (κ3) is 3.29. The predicted octanol–water partition coefficient (Wildman–Crippen LogP) is 2.05. The molecule has 0 spiro atoms. The van der Waals surface area contributed by atoms with E-state index in [1.165, 1.54) is 19.4 Å². The van der Waals surface area contributed by atoms with Crippen molar-refractivity contribution < 1.29 is 9.90 Å². The van der Waals surface area contributed by atoms with Crippen LogP contribution >= 0.6 is 0 Å².